The number of fused-ring (bicyclic) bond motifs is 1. The van der Waals surface area contributed by atoms with E-state index in [0.717, 1.165) is 22.2 Å². The molecular formula is C25H28N2O5S. The van der Waals surface area contributed by atoms with E-state index in [2.05, 4.69) is 9.71 Å². The van der Waals surface area contributed by atoms with Crippen molar-refractivity contribution >= 4 is 26.9 Å². The van der Waals surface area contributed by atoms with Crippen molar-refractivity contribution in [1.82, 2.24) is 9.71 Å². The molecule has 0 bridgehead atoms. The molecule has 0 aliphatic heterocycles. The topological polar surface area (TPSA) is 106 Å². The van der Waals surface area contributed by atoms with Crippen LogP contribution in [0, 0.1) is 12.3 Å². The van der Waals surface area contributed by atoms with Crippen LogP contribution in [-0.2, 0) is 21.4 Å². The number of aromatic nitrogens is 1. The lowest BCUT2D eigenvalue weighted by Gasteiger charge is -2.30. The Hall–Kier alpha value is -2.97. The molecule has 1 heterocycles. The summed E-state index contributed by atoms with van der Waals surface area (Å²) in [4.78, 5) is 16.5. The number of hydrogen-bond donors (Lipinski definition) is 2. The molecule has 0 spiro atoms. The van der Waals surface area contributed by atoms with Crippen molar-refractivity contribution in [2.45, 2.75) is 57.1 Å². The molecule has 7 nitrogen and oxygen atoms in total. The van der Waals surface area contributed by atoms with Gasteiger partial charge in [0.1, 0.15) is 12.4 Å². The van der Waals surface area contributed by atoms with E-state index in [4.69, 9.17) is 4.74 Å². The third-order valence-electron chi connectivity index (χ3n) is 6.60. The second-order valence-electron chi connectivity index (χ2n) is 8.58. The van der Waals surface area contributed by atoms with Crippen molar-refractivity contribution in [3.8, 4) is 5.75 Å². The fraction of sp³-hybridized carbons (Fsp3) is 0.360. The van der Waals surface area contributed by atoms with Gasteiger partial charge in [0.15, 0.2) is 0 Å². The zero-order valence-electron chi connectivity index (χ0n) is 18.7. The number of nitrogens with one attached hydrogen (secondary N) is 1. The van der Waals surface area contributed by atoms with Gasteiger partial charge in [0.25, 0.3) is 0 Å². The van der Waals surface area contributed by atoms with E-state index in [9.17, 15) is 18.3 Å². The Morgan fingerprint density at radius 1 is 1.21 bits per heavy atom. The number of nitrogens with zero attached hydrogens (tertiary/aromatic N) is 1. The molecular weight excluding hydrogens is 440 g/mol. The largest absolute Gasteiger partial charge is 0.489 e. The van der Waals surface area contributed by atoms with Crippen LogP contribution >= 0.6 is 0 Å². The minimum Gasteiger partial charge on any atom is -0.489 e. The second kappa shape index (κ2) is 9.11. The summed E-state index contributed by atoms with van der Waals surface area (Å²) in [7, 11) is -3.85. The molecule has 2 N–H and O–H groups in total. The number of para-hydroxylation sites is 1. The zero-order chi connectivity index (χ0) is 23.6. The van der Waals surface area contributed by atoms with E-state index < -0.39 is 27.4 Å². The molecule has 2 atom stereocenters. The van der Waals surface area contributed by atoms with E-state index in [1.807, 2.05) is 37.3 Å². The zero-order valence-corrected chi connectivity index (χ0v) is 19.6. The Labute approximate surface area is 193 Å². The van der Waals surface area contributed by atoms with Gasteiger partial charge in [-0.05, 0) is 62.6 Å². The van der Waals surface area contributed by atoms with Crippen LogP contribution in [0.3, 0.4) is 0 Å². The maximum Gasteiger partial charge on any atom is 0.311 e. The predicted molar refractivity (Wildman–Crippen MR) is 126 cm³/mol. The summed E-state index contributed by atoms with van der Waals surface area (Å²) >= 11 is 0. The number of carboxylic acid groups (broad SMARTS) is 1. The first-order chi connectivity index (χ1) is 15.7. The van der Waals surface area contributed by atoms with Gasteiger partial charge in [-0.3, -0.25) is 9.78 Å². The van der Waals surface area contributed by atoms with Crippen molar-refractivity contribution in [3.05, 3.63) is 65.9 Å². The van der Waals surface area contributed by atoms with E-state index in [1.54, 1.807) is 19.1 Å². The minimum absolute atomic E-state index is 0.0855. The van der Waals surface area contributed by atoms with Gasteiger partial charge >= 0.3 is 5.97 Å². The standard InChI is InChI=1S/C25H28N2O5S/c1-3-25(24(28)29)14-6-9-23(25)27-33(30,31)20-12-10-19(11-13-20)32-16-18-15-17(2)26-22-8-5-4-7-21(18)22/h4-5,7-8,10-13,15,23,27H,3,6,9,14,16H2,1-2H3,(H,28,29)/t23-,25+/m1/s1. The Bertz CT molecular complexity index is 1270. The molecule has 33 heavy (non-hydrogen) atoms. The van der Waals surface area contributed by atoms with E-state index in [-0.39, 0.29) is 4.90 Å². The van der Waals surface area contributed by atoms with Crippen molar-refractivity contribution in [1.29, 1.82) is 0 Å². The summed E-state index contributed by atoms with van der Waals surface area (Å²) in [5.41, 5.74) is 1.75. The average Bonchev–Trinajstić information content (AvgIpc) is 3.20. The third-order valence-corrected chi connectivity index (χ3v) is 8.08. The Kier molecular flexibility index (Phi) is 6.41. The summed E-state index contributed by atoms with van der Waals surface area (Å²) in [6.07, 6.45) is 2.05. The predicted octanol–water partition coefficient (Wildman–Crippen LogP) is 4.43. The van der Waals surface area contributed by atoms with E-state index in [1.165, 1.54) is 12.1 Å². The second-order valence-corrected chi connectivity index (χ2v) is 10.3. The van der Waals surface area contributed by atoms with Gasteiger partial charge in [0.05, 0.1) is 15.8 Å². The van der Waals surface area contributed by atoms with Crippen LogP contribution in [-0.4, -0.2) is 30.5 Å². The van der Waals surface area contributed by atoms with Crippen LogP contribution in [0.1, 0.15) is 43.9 Å². The number of carbonyl (C=O) groups is 1. The highest BCUT2D eigenvalue weighted by Gasteiger charge is 2.49. The molecule has 0 unspecified atom stereocenters. The van der Waals surface area contributed by atoms with Crippen molar-refractivity contribution in [2.24, 2.45) is 5.41 Å². The summed E-state index contributed by atoms with van der Waals surface area (Å²) in [5, 5.41) is 10.7. The highest BCUT2D eigenvalue weighted by Crippen LogP contribution is 2.42. The normalized spacial score (nSPS) is 20.7. The number of ether oxygens (including phenoxy) is 1. The molecule has 1 aliphatic rings. The van der Waals surface area contributed by atoms with Crippen molar-refractivity contribution in [3.63, 3.8) is 0 Å². The van der Waals surface area contributed by atoms with Gasteiger partial charge in [0.2, 0.25) is 10.0 Å². The molecule has 0 radical (unpaired) electrons. The van der Waals surface area contributed by atoms with Crippen molar-refractivity contribution in [2.75, 3.05) is 0 Å². The summed E-state index contributed by atoms with van der Waals surface area (Å²) < 4.78 is 34.4. The molecule has 1 fully saturated rings. The van der Waals surface area contributed by atoms with Crippen LogP contribution in [0.5, 0.6) is 5.75 Å². The van der Waals surface area contributed by atoms with E-state index >= 15 is 0 Å². The number of sulfonamides is 1. The number of benzene rings is 2. The van der Waals surface area contributed by atoms with Crippen LogP contribution < -0.4 is 9.46 Å². The molecule has 3 aromatic rings. The van der Waals surface area contributed by atoms with Gasteiger partial charge in [-0.15, -0.1) is 0 Å². The van der Waals surface area contributed by atoms with Crippen LogP contribution in [0.15, 0.2) is 59.5 Å². The number of aliphatic carboxylic acids is 1. The molecule has 2 aromatic carbocycles. The summed E-state index contributed by atoms with van der Waals surface area (Å²) in [5.74, 6) is -0.403. The van der Waals surface area contributed by atoms with Gasteiger partial charge in [0, 0.05) is 22.7 Å². The SMILES string of the molecule is CC[C@]1(C(=O)O)CCC[C@H]1NS(=O)(=O)c1ccc(OCc2cc(C)nc3ccccc23)cc1. The van der Waals surface area contributed by atoms with Gasteiger partial charge in [-0.2, -0.15) is 0 Å². The fourth-order valence-electron chi connectivity index (χ4n) is 4.72. The minimum atomic E-state index is -3.85. The summed E-state index contributed by atoms with van der Waals surface area (Å²) in [6, 6.07) is 15.4. The quantitative estimate of drug-likeness (QED) is 0.507. The Balaban J connectivity index is 1.48. The smallest absolute Gasteiger partial charge is 0.311 e. The molecule has 0 saturated heterocycles. The Morgan fingerprint density at radius 2 is 1.94 bits per heavy atom. The molecule has 1 aliphatic carbocycles. The first-order valence-electron chi connectivity index (χ1n) is 11.1. The van der Waals surface area contributed by atoms with Crippen LogP contribution in [0.4, 0.5) is 0 Å². The molecule has 174 valence electrons. The van der Waals surface area contributed by atoms with Crippen LogP contribution in [0.2, 0.25) is 0 Å². The molecule has 1 aromatic heterocycles. The lowest BCUT2D eigenvalue weighted by Crippen LogP contribution is -2.48. The molecule has 0 amide bonds. The lowest BCUT2D eigenvalue weighted by atomic mass is 9.80. The van der Waals surface area contributed by atoms with Gasteiger partial charge in [-0.1, -0.05) is 31.5 Å². The van der Waals surface area contributed by atoms with Gasteiger partial charge in [-0.25, -0.2) is 13.1 Å². The number of pyridine rings is 1. The van der Waals surface area contributed by atoms with E-state index in [0.29, 0.717) is 38.0 Å². The van der Waals surface area contributed by atoms with Crippen LogP contribution in [0.25, 0.3) is 10.9 Å². The Morgan fingerprint density at radius 3 is 2.64 bits per heavy atom. The average molecular weight is 469 g/mol. The molecule has 4 rings (SSSR count). The van der Waals surface area contributed by atoms with Crippen molar-refractivity contribution < 1.29 is 23.1 Å². The summed E-state index contributed by atoms with van der Waals surface area (Å²) in [6.45, 7) is 4.05. The van der Waals surface area contributed by atoms with Gasteiger partial charge < -0.3 is 9.84 Å². The molecule has 8 heteroatoms. The number of carboxylic acids is 1. The monoisotopic (exact) mass is 468 g/mol. The highest BCUT2D eigenvalue weighted by molar-refractivity contribution is 7.89. The third kappa shape index (κ3) is 4.58. The first-order valence-corrected chi connectivity index (χ1v) is 12.6. The number of aryl methyl sites for hydroxylation is 1. The first kappa shape index (κ1) is 23.2. The fourth-order valence-corrected chi connectivity index (χ4v) is 6.07. The number of rotatable bonds is 8. The lowest BCUT2D eigenvalue weighted by molar-refractivity contribution is -0.149. The maximum atomic E-state index is 12.9. The number of hydrogen-bond acceptors (Lipinski definition) is 5. The highest BCUT2D eigenvalue weighted by atomic mass is 32.2. The molecule has 1 saturated carbocycles. The maximum absolute atomic E-state index is 12.9.